The maximum atomic E-state index is 11.5. The molecule has 1 aliphatic rings. The Balaban J connectivity index is 1.34. The van der Waals surface area contributed by atoms with Crippen molar-refractivity contribution >= 4 is 23.5 Å². The predicted molar refractivity (Wildman–Crippen MR) is 213 cm³/mol. The Bertz CT molecular complexity index is 1530. The molecular weight excluding hydrogens is 657 g/mol. The van der Waals surface area contributed by atoms with Gasteiger partial charge in [0.25, 0.3) is 0 Å². The Kier molecular flexibility index (Phi) is 13.2. The fraction of sp³-hybridized carbons (Fsp3) is 0.455. The average Bonchev–Trinajstić information content (AvgIpc) is 3.07. The second kappa shape index (κ2) is 17.3. The van der Waals surface area contributed by atoms with Gasteiger partial charge in [0, 0.05) is 33.1 Å². The lowest BCUT2D eigenvalue weighted by molar-refractivity contribution is 0.287. The normalized spacial score (nSPS) is 17.2. The van der Waals surface area contributed by atoms with Gasteiger partial charge in [-0.3, -0.25) is 0 Å². The molecule has 0 spiro atoms. The highest BCUT2D eigenvalue weighted by molar-refractivity contribution is 8.03. The number of rotatable bonds is 12. The molecule has 1 saturated carbocycles. The molecule has 0 radical (unpaired) electrons. The summed E-state index contributed by atoms with van der Waals surface area (Å²) in [4.78, 5) is 0. The van der Waals surface area contributed by atoms with Crippen LogP contribution in [0.5, 0.6) is 23.0 Å². The van der Waals surface area contributed by atoms with Gasteiger partial charge in [-0.1, -0.05) is 140 Å². The van der Waals surface area contributed by atoms with Crippen molar-refractivity contribution < 1.29 is 19.7 Å². The molecule has 6 heteroatoms. The van der Waals surface area contributed by atoms with Crippen molar-refractivity contribution in [1.29, 1.82) is 0 Å². The Labute approximate surface area is 309 Å². The van der Waals surface area contributed by atoms with Crippen molar-refractivity contribution in [3.8, 4) is 23.0 Å². The van der Waals surface area contributed by atoms with E-state index >= 15 is 0 Å². The summed E-state index contributed by atoms with van der Waals surface area (Å²) in [5.74, 6) is 3.06. The average molecular weight is 713 g/mol. The zero-order valence-corrected chi connectivity index (χ0v) is 32.5. The Morgan fingerprint density at radius 2 is 0.940 bits per heavy atom. The number of hydrogen-bond donors (Lipinski definition) is 2. The molecule has 4 aromatic carbocycles. The Hall–Kier alpha value is -3.22. The van der Waals surface area contributed by atoms with Crippen LogP contribution < -0.4 is 9.47 Å². The van der Waals surface area contributed by atoms with E-state index in [0.29, 0.717) is 35.2 Å². The maximum absolute atomic E-state index is 11.5. The van der Waals surface area contributed by atoms with Gasteiger partial charge in [0.05, 0.1) is 0 Å². The molecular formula is C44H56O4S2. The van der Waals surface area contributed by atoms with Crippen LogP contribution >= 0.6 is 23.5 Å². The molecule has 50 heavy (non-hydrogen) atoms. The van der Waals surface area contributed by atoms with Crippen LogP contribution in [0.15, 0.2) is 84.9 Å². The van der Waals surface area contributed by atoms with Crippen molar-refractivity contribution in [1.82, 2.24) is 0 Å². The molecule has 4 aromatic rings. The van der Waals surface area contributed by atoms with Crippen LogP contribution in [0.4, 0.5) is 0 Å². The van der Waals surface area contributed by atoms with Crippen molar-refractivity contribution in [3.05, 3.63) is 118 Å². The summed E-state index contributed by atoms with van der Waals surface area (Å²) in [6.45, 7) is 14.1. The Morgan fingerprint density at radius 1 is 0.560 bits per heavy atom. The molecule has 2 N–H and O–H groups in total. The Morgan fingerprint density at radius 3 is 1.30 bits per heavy atom. The molecule has 2 atom stereocenters. The van der Waals surface area contributed by atoms with Gasteiger partial charge in [-0.2, -0.15) is 23.5 Å². The largest absolute Gasteiger partial charge is 0.504 e. The van der Waals surface area contributed by atoms with Crippen LogP contribution in [-0.2, 0) is 35.5 Å². The zero-order chi connectivity index (χ0) is 35.7. The second-order valence-electron chi connectivity index (χ2n) is 15.7. The summed E-state index contributed by atoms with van der Waals surface area (Å²) < 4.78 is 12.5. The first-order chi connectivity index (χ1) is 23.9. The number of phenols is 2. The van der Waals surface area contributed by atoms with E-state index in [0.717, 1.165) is 57.7 Å². The van der Waals surface area contributed by atoms with Crippen LogP contribution in [0.2, 0.25) is 0 Å². The van der Waals surface area contributed by atoms with E-state index in [9.17, 15) is 10.2 Å². The number of hydrogen-bond acceptors (Lipinski definition) is 6. The molecule has 1 aliphatic carbocycles. The minimum absolute atomic E-state index is 0.0795. The number of ether oxygens (including phenoxy) is 2. The van der Waals surface area contributed by atoms with E-state index in [1.165, 1.54) is 25.7 Å². The molecule has 0 saturated heterocycles. The van der Waals surface area contributed by atoms with Gasteiger partial charge < -0.3 is 19.7 Å². The molecule has 0 heterocycles. The van der Waals surface area contributed by atoms with Crippen molar-refractivity contribution in [2.24, 2.45) is 0 Å². The summed E-state index contributed by atoms with van der Waals surface area (Å²) in [7, 11) is 0. The third-order valence-electron chi connectivity index (χ3n) is 9.56. The van der Waals surface area contributed by atoms with Gasteiger partial charge in [0.15, 0.2) is 23.0 Å². The molecule has 5 rings (SSSR count). The van der Waals surface area contributed by atoms with Gasteiger partial charge in [-0.25, -0.2) is 0 Å². The van der Waals surface area contributed by atoms with Crippen molar-refractivity contribution in [2.45, 2.75) is 126 Å². The lowest BCUT2D eigenvalue weighted by atomic mass is 9.86. The SMILES string of the molecule is CC(C)(C)c1cc(CSC2CCCCCCC2SCc2cc(C(C)(C)C)cc(OCc3ccccc3)c2O)c(O)c(OCc2ccccc2)c1. The molecule has 2 unspecified atom stereocenters. The standard InChI is InChI=1S/C44H56O4S2/c1-43(2,3)35-23-33(41(45)37(25-35)47-27-31-17-11-9-12-18-31)29-49-39-21-15-7-8-16-22-40(39)50-30-34-24-36(44(4,5)6)26-38(42(34)46)48-28-32-19-13-10-14-20-32/h9-14,17-20,23-26,39-40,45-46H,7-8,15-16,21-22,27-30H2,1-6H3. The van der Waals surface area contributed by atoms with Gasteiger partial charge in [-0.15, -0.1) is 0 Å². The minimum Gasteiger partial charge on any atom is -0.504 e. The first-order valence-corrected chi connectivity index (χ1v) is 20.3. The third kappa shape index (κ3) is 10.6. The lowest BCUT2D eigenvalue weighted by Crippen LogP contribution is -2.22. The molecule has 0 amide bonds. The monoisotopic (exact) mass is 712 g/mol. The molecule has 0 bridgehead atoms. The van der Waals surface area contributed by atoms with Crippen LogP contribution in [-0.4, -0.2) is 20.7 Å². The van der Waals surface area contributed by atoms with Crippen LogP contribution in [0, 0.1) is 0 Å². The fourth-order valence-corrected chi connectivity index (χ4v) is 9.37. The van der Waals surface area contributed by atoms with Gasteiger partial charge in [0.1, 0.15) is 13.2 Å². The summed E-state index contributed by atoms with van der Waals surface area (Å²) in [5.41, 5.74) is 6.20. The highest BCUT2D eigenvalue weighted by Crippen LogP contribution is 2.44. The van der Waals surface area contributed by atoms with Crippen LogP contribution in [0.3, 0.4) is 0 Å². The molecule has 268 valence electrons. The number of phenolic OH excluding ortho intramolecular Hbond substituents is 2. The first kappa shape index (κ1) is 38.0. The smallest absolute Gasteiger partial charge is 0.162 e. The van der Waals surface area contributed by atoms with E-state index in [4.69, 9.17) is 9.47 Å². The molecule has 1 fully saturated rings. The van der Waals surface area contributed by atoms with Crippen LogP contribution in [0.1, 0.15) is 113 Å². The minimum atomic E-state index is -0.0795. The fourth-order valence-electron chi connectivity index (χ4n) is 6.30. The second-order valence-corrected chi connectivity index (χ2v) is 18.2. The van der Waals surface area contributed by atoms with Crippen LogP contribution in [0.25, 0.3) is 0 Å². The lowest BCUT2D eigenvalue weighted by Gasteiger charge is -2.30. The third-order valence-corrected chi connectivity index (χ3v) is 12.7. The van der Waals surface area contributed by atoms with Crippen molar-refractivity contribution in [3.63, 3.8) is 0 Å². The predicted octanol–water partition coefficient (Wildman–Crippen LogP) is 12.1. The van der Waals surface area contributed by atoms with Gasteiger partial charge in [0.2, 0.25) is 0 Å². The van der Waals surface area contributed by atoms with E-state index in [1.807, 2.05) is 96.3 Å². The summed E-state index contributed by atoms with van der Waals surface area (Å²) in [6, 6.07) is 28.6. The maximum Gasteiger partial charge on any atom is 0.162 e. The summed E-state index contributed by atoms with van der Waals surface area (Å²) in [5, 5.41) is 23.8. The zero-order valence-electron chi connectivity index (χ0n) is 30.8. The quantitative estimate of drug-likeness (QED) is 0.152. The highest BCUT2D eigenvalue weighted by atomic mass is 32.2. The topological polar surface area (TPSA) is 58.9 Å². The van der Waals surface area contributed by atoms with E-state index in [2.05, 4.69) is 53.7 Å². The van der Waals surface area contributed by atoms with Crippen molar-refractivity contribution in [2.75, 3.05) is 0 Å². The number of benzene rings is 4. The molecule has 0 aliphatic heterocycles. The van der Waals surface area contributed by atoms with Gasteiger partial charge >= 0.3 is 0 Å². The number of aromatic hydroxyl groups is 2. The highest BCUT2D eigenvalue weighted by Gasteiger charge is 2.27. The summed E-state index contributed by atoms with van der Waals surface area (Å²) >= 11 is 3.94. The van der Waals surface area contributed by atoms with E-state index in [1.54, 1.807) is 0 Å². The first-order valence-electron chi connectivity index (χ1n) is 18.2. The van der Waals surface area contributed by atoms with E-state index < -0.39 is 0 Å². The van der Waals surface area contributed by atoms with E-state index in [-0.39, 0.29) is 22.3 Å². The molecule has 0 aromatic heterocycles. The number of thioether (sulfide) groups is 2. The molecule has 4 nitrogen and oxygen atoms in total. The summed E-state index contributed by atoms with van der Waals surface area (Å²) in [6.07, 6.45) is 7.28. The van der Waals surface area contributed by atoms with Gasteiger partial charge in [-0.05, 0) is 58.1 Å².